The van der Waals surface area contributed by atoms with Gasteiger partial charge in [-0.05, 0) is 36.5 Å². The lowest BCUT2D eigenvalue weighted by Crippen LogP contribution is -2.42. The summed E-state index contributed by atoms with van der Waals surface area (Å²) in [6, 6.07) is 6.34. The lowest BCUT2D eigenvalue weighted by molar-refractivity contribution is -0.0498. The summed E-state index contributed by atoms with van der Waals surface area (Å²) in [5.41, 5.74) is 0.877. The predicted molar refractivity (Wildman–Crippen MR) is 105 cm³/mol. The van der Waals surface area contributed by atoms with Gasteiger partial charge >= 0.3 is 6.61 Å². The number of alkyl halides is 2. The third-order valence-electron chi connectivity index (χ3n) is 4.61. The van der Waals surface area contributed by atoms with Crippen molar-refractivity contribution in [2.24, 2.45) is 10.9 Å². The van der Waals surface area contributed by atoms with E-state index < -0.39 is 16.6 Å². The average Bonchev–Trinajstić information content (AvgIpc) is 2.58. The SMILES string of the molecule is CN=C(NCCS(=O)(=O)NCC1CCC1)N(C)Cc1ccc(OC(F)F)cc1. The van der Waals surface area contributed by atoms with Crippen LogP contribution in [0, 0.1) is 5.92 Å². The molecule has 1 fully saturated rings. The number of hydrogen-bond donors (Lipinski definition) is 2. The van der Waals surface area contributed by atoms with Crippen LogP contribution in [0.4, 0.5) is 8.78 Å². The molecule has 28 heavy (non-hydrogen) atoms. The van der Waals surface area contributed by atoms with E-state index in [1.54, 1.807) is 19.2 Å². The second kappa shape index (κ2) is 10.6. The Balaban J connectivity index is 1.77. The summed E-state index contributed by atoms with van der Waals surface area (Å²) in [6.45, 7) is -1.63. The highest BCUT2D eigenvalue weighted by molar-refractivity contribution is 7.89. The molecule has 1 aromatic rings. The number of halogens is 2. The molecule has 0 radical (unpaired) electrons. The molecule has 7 nitrogen and oxygen atoms in total. The highest BCUT2D eigenvalue weighted by atomic mass is 32.2. The van der Waals surface area contributed by atoms with Gasteiger partial charge in [0.1, 0.15) is 5.75 Å². The number of aliphatic imine (C=N–C) groups is 1. The molecule has 2 N–H and O–H groups in total. The van der Waals surface area contributed by atoms with Gasteiger partial charge in [-0.25, -0.2) is 13.1 Å². The zero-order valence-corrected chi connectivity index (χ0v) is 17.0. The van der Waals surface area contributed by atoms with Crippen molar-refractivity contribution in [2.75, 3.05) is 32.9 Å². The quantitative estimate of drug-likeness (QED) is 0.449. The van der Waals surface area contributed by atoms with Crippen LogP contribution in [-0.2, 0) is 16.6 Å². The summed E-state index contributed by atoms with van der Waals surface area (Å²) in [4.78, 5) is 5.97. The minimum Gasteiger partial charge on any atom is -0.435 e. The minimum absolute atomic E-state index is 0.0355. The topological polar surface area (TPSA) is 83.0 Å². The normalized spacial score (nSPS) is 15.4. The second-order valence-corrected chi connectivity index (χ2v) is 8.74. The standard InChI is InChI=1S/C18H28F2N4O3S/c1-21-18(22-10-11-28(25,26)23-12-14-4-3-5-14)24(2)13-15-6-8-16(9-7-15)27-17(19)20/h6-9,14,17,23H,3-5,10-13H2,1-2H3,(H,21,22). The van der Waals surface area contributed by atoms with Crippen LogP contribution in [-0.4, -0.2) is 58.8 Å². The van der Waals surface area contributed by atoms with Crippen molar-refractivity contribution in [2.45, 2.75) is 32.4 Å². The molecule has 0 bridgehead atoms. The monoisotopic (exact) mass is 418 g/mol. The molecular weight excluding hydrogens is 390 g/mol. The summed E-state index contributed by atoms with van der Waals surface area (Å²) in [5, 5.41) is 3.03. The Kier molecular flexibility index (Phi) is 8.43. The summed E-state index contributed by atoms with van der Waals surface area (Å²) >= 11 is 0. The van der Waals surface area contributed by atoms with E-state index in [0.717, 1.165) is 18.4 Å². The van der Waals surface area contributed by atoms with E-state index in [4.69, 9.17) is 0 Å². The van der Waals surface area contributed by atoms with Crippen molar-refractivity contribution in [3.8, 4) is 5.75 Å². The van der Waals surface area contributed by atoms with E-state index in [1.807, 2.05) is 11.9 Å². The second-order valence-electron chi connectivity index (χ2n) is 6.82. The Morgan fingerprint density at radius 1 is 1.32 bits per heavy atom. The lowest BCUT2D eigenvalue weighted by atomic mass is 9.86. The molecular formula is C18H28F2N4O3S. The first kappa shape index (κ1) is 22.4. The van der Waals surface area contributed by atoms with Gasteiger partial charge in [-0.3, -0.25) is 4.99 Å². The van der Waals surface area contributed by atoms with E-state index in [-0.39, 0.29) is 18.0 Å². The maximum Gasteiger partial charge on any atom is 0.387 e. The van der Waals surface area contributed by atoms with Crippen molar-refractivity contribution < 1.29 is 21.9 Å². The Hall–Kier alpha value is -1.94. The Bertz CT molecular complexity index is 738. The maximum absolute atomic E-state index is 12.2. The first-order valence-electron chi connectivity index (χ1n) is 9.22. The van der Waals surface area contributed by atoms with Crippen LogP contribution in [0.25, 0.3) is 0 Å². The zero-order chi connectivity index (χ0) is 20.6. The summed E-state index contributed by atoms with van der Waals surface area (Å²) in [7, 11) is 0.103. The van der Waals surface area contributed by atoms with E-state index in [1.165, 1.54) is 18.6 Å². The molecule has 0 aromatic heterocycles. The number of sulfonamides is 1. The van der Waals surface area contributed by atoms with Crippen molar-refractivity contribution in [3.05, 3.63) is 29.8 Å². The van der Waals surface area contributed by atoms with Crippen LogP contribution in [0.2, 0.25) is 0 Å². The van der Waals surface area contributed by atoms with Crippen molar-refractivity contribution in [3.63, 3.8) is 0 Å². The van der Waals surface area contributed by atoms with Gasteiger partial charge in [0.15, 0.2) is 5.96 Å². The van der Waals surface area contributed by atoms with Gasteiger partial charge < -0.3 is 15.0 Å². The molecule has 0 aliphatic heterocycles. The fourth-order valence-electron chi connectivity index (χ4n) is 2.82. The van der Waals surface area contributed by atoms with Gasteiger partial charge in [0, 0.05) is 33.7 Å². The first-order valence-corrected chi connectivity index (χ1v) is 10.9. The molecule has 0 saturated heterocycles. The van der Waals surface area contributed by atoms with Crippen LogP contribution >= 0.6 is 0 Å². The molecule has 2 rings (SSSR count). The molecule has 1 aliphatic rings. The van der Waals surface area contributed by atoms with E-state index in [2.05, 4.69) is 19.8 Å². The maximum atomic E-state index is 12.2. The largest absolute Gasteiger partial charge is 0.435 e. The smallest absolute Gasteiger partial charge is 0.387 e. The number of rotatable bonds is 10. The van der Waals surface area contributed by atoms with Crippen molar-refractivity contribution in [1.82, 2.24) is 14.9 Å². The molecule has 0 heterocycles. The first-order chi connectivity index (χ1) is 13.3. The molecule has 158 valence electrons. The fourth-order valence-corrected chi connectivity index (χ4v) is 3.83. The van der Waals surface area contributed by atoms with Crippen LogP contribution in [0.1, 0.15) is 24.8 Å². The van der Waals surface area contributed by atoms with Crippen LogP contribution in [0.15, 0.2) is 29.3 Å². The van der Waals surface area contributed by atoms with Crippen molar-refractivity contribution >= 4 is 16.0 Å². The van der Waals surface area contributed by atoms with E-state index in [0.29, 0.717) is 25.0 Å². The lowest BCUT2D eigenvalue weighted by Gasteiger charge is -2.25. The van der Waals surface area contributed by atoms with Crippen LogP contribution in [0.5, 0.6) is 5.75 Å². The highest BCUT2D eigenvalue weighted by Gasteiger charge is 2.20. The Morgan fingerprint density at radius 2 is 2.00 bits per heavy atom. The average molecular weight is 419 g/mol. The zero-order valence-electron chi connectivity index (χ0n) is 16.2. The fraction of sp³-hybridized carbons (Fsp3) is 0.611. The third kappa shape index (κ3) is 7.59. The number of guanidine groups is 1. The molecule has 1 saturated carbocycles. The van der Waals surface area contributed by atoms with Crippen molar-refractivity contribution in [1.29, 1.82) is 0 Å². The highest BCUT2D eigenvalue weighted by Crippen LogP contribution is 2.25. The predicted octanol–water partition coefficient (Wildman–Crippen LogP) is 2.01. The van der Waals surface area contributed by atoms with E-state index >= 15 is 0 Å². The van der Waals surface area contributed by atoms with E-state index in [9.17, 15) is 17.2 Å². The number of ether oxygens (including phenoxy) is 1. The van der Waals surface area contributed by atoms with Gasteiger partial charge in [0.25, 0.3) is 0 Å². The van der Waals surface area contributed by atoms with Gasteiger partial charge in [-0.2, -0.15) is 8.78 Å². The summed E-state index contributed by atoms with van der Waals surface area (Å²) < 4.78 is 55.5. The van der Waals surface area contributed by atoms with Gasteiger partial charge in [-0.1, -0.05) is 18.6 Å². The molecule has 0 atom stereocenters. The van der Waals surface area contributed by atoms with Crippen LogP contribution in [0.3, 0.4) is 0 Å². The number of nitrogens with zero attached hydrogens (tertiary/aromatic N) is 2. The molecule has 1 aliphatic carbocycles. The minimum atomic E-state index is -3.32. The number of hydrogen-bond acceptors (Lipinski definition) is 4. The Morgan fingerprint density at radius 3 is 2.54 bits per heavy atom. The molecule has 0 spiro atoms. The van der Waals surface area contributed by atoms with Crippen LogP contribution < -0.4 is 14.8 Å². The molecule has 0 amide bonds. The molecule has 10 heteroatoms. The molecule has 0 unspecified atom stereocenters. The van der Waals surface area contributed by atoms with Gasteiger partial charge in [-0.15, -0.1) is 0 Å². The third-order valence-corrected chi connectivity index (χ3v) is 5.96. The number of nitrogens with one attached hydrogen (secondary N) is 2. The van der Waals surface area contributed by atoms with Gasteiger partial charge in [0.2, 0.25) is 10.0 Å². The summed E-state index contributed by atoms with van der Waals surface area (Å²) in [5.74, 6) is 1.08. The summed E-state index contributed by atoms with van der Waals surface area (Å²) in [6.07, 6.45) is 3.36. The number of benzene rings is 1. The molecule has 1 aromatic carbocycles. The van der Waals surface area contributed by atoms with Gasteiger partial charge in [0.05, 0.1) is 5.75 Å². The Labute approximate surface area is 165 Å².